The molecule has 3 aromatic rings. The van der Waals surface area contributed by atoms with Crippen molar-refractivity contribution in [2.24, 2.45) is 0 Å². The van der Waals surface area contributed by atoms with E-state index in [1.165, 1.54) is 30.7 Å². The smallest absolute Gasteiger partial charge is 0.292 e. The summed E-state index contributed by atoms with van der Waals surface area (Å²) in [7, 11) is 0. The van der Waals surface area contributed by atoms with Crippen LogP contribution in [0.15, 0.2) is 41.3 Å². The van der Waals surface area contributed by atoms with Crippen LogP contribution < -0.4 is 5.73 Å². The second-order valence-corrected chi connectivity index (χ2v) is 4.04. The van der Waals surface area contributed by atoms with Crippen molar-refractivity contribution in [3.63, 3.8) is 0 Å². The van der Waals surface area contributed by atoms with Gasteiger partial charge < -0.3 is 10.3 Å². The number of nitrogen functional groups attached to an aromatic ring is 1. The minimum Gasteiger partial charge on any atom is -0.393 e. The third-order valence-corrected chi connectivity index (χ3v) is 2.69. The zero-order valence-corrected chi connectivity index (χ0v) is 10.5. The van der Waals surface area contributed by atoms with E-state index in [-0.39, 0.29) is 23.1 Å². The molecule has 3 rings (SSSR count). The Morgan fingerprint density at radius 3 is 2.86 bits per heavy atom. The number of rotatable bonds is 3. The van der Waals surface area contributed by atoms with Crippen molar-refractivity contribution in [1.29, 1.82) is 0 Å². The molecule has 2 N–H and O–H groups in total. The molecule has 1 aromatic carbocycles. The summed E-state index contributed by atoms with van der Waals surface area (Å²) in [6, 6.07) is 4.26. The third kappa shape index (κ3) is 2.39. The fourth-order valence-corrected chi connectivity index (χ4v) is 1.69. The van der Waals surface area contributed by atoms with Gasteiger partial charge in [-0.25, -0.2) is 4.98 Å². The Labute approximate surface area is 117 Å². The van der Waals surface area contributed by atoms with E-state index < -0.39 is 4.92 Å². The van der Waals surface area contributed by atoms with Crippen LogP contribution in [0.5, 0.6) is 0 Å². The van der Waals surface area contributed by atoms with E-state index in [2.05, 4.69) is 20.1 Å². The van der Waals surface area contributed by atoms with E-state index in [0.29, 0.717) is 11.3 Å². The number of hydrogen-bond acceptors (Lipinski definition) is 8. The van der Waals surface area contributed by atoms with Gasteiger partial charge in [-0.1, -0.05) is 5.16 Å². The first-order valence-electron chi connectivity index (χ1n) is 5.79. The molecule has 9 nitrogen and oxygen atoms in total. The largest absolute Gasteiger partial charge is 0.393 e. The molecule has 0 bridgehead atoms. The molecule has 2 heterocycles. The summed E-state index contributed by atoms with van der Waals surface area (Å²) in [6.07, 6.45) is 4.51. The number of benzene rings is 1. The Kier molecular flexibility index (Phi) is 2.99. The average Bonchev–Trinajstić information content (AvgIpc) is 2.98. The molecule has 0 aliphatic heterocycles. The molecule has 0 fully saturated rings. The molecule has 0 unspecified atom stereocenters. The molecule has 21 heavy (non-hydrogen) atoms. The molecule has 104 valence electrons. The lowest BCUT2D eigenvalue weighted by Gasteiger charge is -1.98. The summed E-state index contributed by atoms with van der Waals surface area (Å²) in [5.41, 5.74) is 6.23. The summed E-state index contributed by atoms with van der Waals surface area (Å²) < 4.78 is 5.09. The molecule has 0 saturated carbocycles. The maximum absolute atomic E-state index is 10.9. The molecular weight excluding hydrogens is 276 g/mol. The molecule has 0 saturated heterocycles. The van der Waals surface area contributed by atoms with Crippen molar-refractivity contribution < 1.29 is 9.45 Å². The van der Waals surface area contributed by atoms with Crippen LogP contribution in [0.1, 0.15) is 0 Å². The predicted octanol–water partition coefficient (Wildman–Crippen LogP) is 1.68. The van der Waals surface area contributed by atoms with Crippen molar-refractivity contribution in [1.82, 2.24) is 20.1 Å². The summed E-state index contributed by atoms with van der Waals surface area (Å²) in [4.78, 5) is 22.4. The van der Waals surface area contributed by atoms with Crippen molar-refractivity contribution in [2.45, 2.75) is 0 Å². The topological polar surface area (TPSA) is 134 Å². The third-order valence-electron chi connectivity index (χ3n) is 2.69. The SMILES string of the molecule is Nc1ccc(-c2nc(-c3cnccn3)no2)cc1[N+](=O)[O-]. The fourth-order valence-electron chi connectivity index (χ4n) is 1.69. The number of nitro benzene ring substituents is 1. The minimum atomic E-state index is -0.571. The van der Waals surface area contributed by atoms with Gasteiger partial charge in [0.15, 0.2) is 0 Å². The van der Waals surface area contributed by atoms with Crippen LogP contribution in [-0.2, 0) is 0 Å². The normalized spacial score (nSPS) is 10.5. The first kappa shape index (κ1) is 12.7. The van der Waals surface area contributed by atoms with E-state index in [1.54, 1.807) is 6.07 Å². The van der Waals surface area contributed by atoms with Gasteiger partial charge in [0.05, 0.1) is 11.1 Å². The van der Waals surface area contributed by atoms with Crippen LogP contribution in [0.3, 0.4) is 0 Å². The van der Waals surface area contributed by atoms with Crippen LogP contribution in [0, 0.1) is 10.1 Å². The number of aromatic nitrogens is 4. The van der Waals surface area contributed by atoms with E-state index in [1.807, 2.05) is 0 Å². The first-order chi connectivity index (χ1) is 10.1. The van der Waals surface area contributed by atoms with Gasteiger partial charge in [-0.15, -0.1) is 0 Å². The maximum Gasteiger partial charge on any atom is 0.292 e. The Morgan fingerprint density at radius 1 is 1.29 bits per heavy atom. The Bertz CT molecular complexity index is 802. The van der Waals surface area contributed by atoms with Gasteiger partial charge in [-0.05, 0) is 12.1 Å². The summed E-state index contributed by atoms with van der Waals surface area (Å²) >= 11 is 0. The highest BCUT2D eigenvalue weighted by Gasteiger charge is 2.17. The summed E-state index contributed by atoms with van der Waals surface area (Å²) in [6.45, 7) is 0. The molecule has 9 heteroatoms. The van der Waals surface area contributed by atoms with Crippen LogP contribution in [-0.4, -0.2) is 25.0 Å². The number of anilines is 1. The highest BCUT2D eigenvalue weighted by Crippen LogP contribution is 2.28. The summed E-state index contributed by atoms with van der Waals surface area (Å²) in [5.74, 6) is 0.385. The van der Waals surface area contributed by atoms with Gasteiger partial charge in [-0.2, -0.15) is 4.98 Å². The summed E-state index contributed by atoms with van der Waals surface area (Å²) in [5, 5.41) is 14.6. The average molecular weight is 284 g/mol. The van der Waals surface area contributed by atoms with Crippen molar-refractivity contribution in [3.05, 3.63) is 46.9 Å². The molecular formula is C12H8N6O3. The van der Waals surface area contributed by atoms with Crippen LogP contribution in [0.2, 0.25) is 0 Å². The molecule has 0 radical (unpaired) electrons. The first-order valence-corrected chi connectivity index (χ1v) is 5.79. The van der Waals surface area contributed by atoms with Crippen LogP contribution >= 0.6 is 0 Å². The van der Waals surface area contributed by atoms with E-state index in [4.69, 9.17) is 10.3 Å². The van der Waals surface area contributed by atoms with Crippen LogP contribution in [0.4, 0.5) is 11.4 Å². The number of nitrogens with zero attached hydrogens (tertiary/aromatic N) is 5. The van der Waals surface area contributed by atoms with Gasteiger partial charge in [0, 0.05) is 24.0 Å². The Morgan fingerprint density at radius 2 is 2.14 bits per heavy atom. The fraction of sp³-hybridized carbons (Fsp3) is 0. The quantitative estimate of drug-likeness (QED) is 0.436. The number of nitro groups is 1. The molecule has 0 amide bonds. The number of hydrogen-bond donors (Lipinski definition) is 1. The second kappa shape index (κ2) is 4.96. The molecule has 0 aliphatic rings. The van der Waals surface area contributed by atoms with Gasteiger partial charge in [0.1, 0.15) is 11.4 Å². The van der Waals surface area contributed by atoms with Gasteiger partial charge in [0.25, 0.3) is 11.6 Å². The van der Waals surface area contributed by atoms with Crippen molar-refractivity contribution in [2.75, 3.05) is 5.73 Å². The predicted molar refractivity (Wildman–Crippen MR) is 71.8 cm³/mol. The highest BCUT2D eigenvalue weighted by molar-refractivity contribution is 5.68. The second-order valence-electron chi connectivity index (χ2n) is 4.04. The zero-order chi connectivity index (χ0) is 14.8. The Hall–Kier alpha value is -3.36. The number of nitrogens with two attached hydrogens (primary N) is 1. The van der Waals surface area contributed by atoms with Crippen LogP contribution in [0.25, 0.3) is 23.0 Å². The monoisotopic (exact) mass is 284 g/mol. The van der Waals surface area contributed by atoms with E-state index in [9.17, 15) is 10.1 Å². The van der Waals surface area contributed by atoms with Gasteiger partial charge in [0.2, 0.25) is 5.82 Å². The highest BCUT2D eigenvalue weighted by atomic mass is 16.6. The van der Waals surface area contributed by atoms with Gasteiger partial charge in [-0.3, -0.25) is 15.1 Å². The minimum absolute atomic E-state index is 0.0671. The Balaban J connectivity index is 2.01. The van der Waals surface area contributed by atoms with Crippen molar-refractivity contribution in [3.8, 4) is 23.0 Å². The lowest BCUT2D eigenvalue weighted by atomic mass is 10.2. The van der Waals surface area contributed by atoms with Crippen molar-refractivity contribution >= 4 is 11.4 Å². The lowest BCUT2D eigenvalue weighted by Crippen LogP contribution is -1.95. The molecule has 2 aromatic heterocycles. The zero-order valence-electron chi connectivity index (χ0n) is 10.5. The van der Waals surface area contributed by atoms with E-state index >= 15 is 0 Å². The molecule has 0 spiro atoms. The van der Waals surface area contributed by atoms with E-state index in [0.717, 1.165) is 0 Å². The molecule has 0 atom stereocenters. The molecule has 0 aliphatic carbocycles. The van der Waals surface area contributed by atoms with Gasteiger partial charge >= 0.3 is 0 Å². The maximum atomic E-state index is 10.9. The lowest BCUT2D eigenvalue weighted by molar-refractivity contribution is -0.383. The standard InChI is InChI=1S/C12H8N6O3/c13-8-2-1-7(5-10(8)18(19)20)12-16-11(17-21-12)9-6-14-3-4-15-9/h1-6H,13H2.